The number of rotatable bonds is 10. The van der Waals surface area contributed by atoms with Gasteiger partial charge in [0.05, 0.1) is 19.8 Å². The van der Waals surface area contributed by atoms with Gasteiger partial charge in [0, 0.05) is 17.7 Å². The van der Waals surface area contributed by atoms with Crippen LogP contribution >= 0.6 is 0 Å². The molecule has 0 saturated carbocycles. The average molecular weight is 538 g/mol. The van der Waals surface area contributed by atoms with Crippen molar-refractivity contribution in [2.45, 2.75) is 58.4 Å². The van der Waals surface area contributed by atoms with E-state index in [9.17, 15) is 19.5 Å². The van der Waals surface area contributed by atoms with E-state index in [-0.39, 0.29) is 0 Å². The average Bonchev–Trinajstić information content (AvgIpc) is 3.33. The molecule has 0 fully saturated rings. The largest absolute Gasteiger partial charge is 0.467 e. The Morgan fingerprint density at radius 3 is 2.36 bits per heavy atom. The van der Waals surface area contributed by atoms with Crippen LogP contribution in [-0.4, -0.2) is 61.0 Å². The number of hydrogen-bond donors (Lipinski definition) is 4. The molecule has 2 amide bonds. The van der Waals surface area contributed by atoms with Crippen molar-refractivity contribution in [1.82, 2.24) is 16.0 Å². The molecular formula is C29H35N3O7. The third-order valence-electron chi connectivity index (χ3n) is 4.99. The number of esters is 1. The maximum Gasteiger partial charge on any atom is 0.407 e. The number of alkyl carbamates (subject to hydrolysis) is 1. The van der Waals surface area contributed by atoms with Crippen LogP contribution in [0.2, 0.25) is 0 Å². The van der Waals surface area contributed by atoms with Crippen molar-refractivity contribution in [2.75, 3.05) is 20.2 Å². The van der Waals surface area contributed by atoms with Crippen molar-refractivity contribution in [3.63, 3.8) is 0 Å². The van der Waals surface area contributed by atoms with Crippen LogP contribution in [0.5, 0.6) is 0 Å². The summed E-state index contributed by atoms with van der Waals surface area (Å²) >= 11 is 0. The molecule has 0 aliphatic heterocycles. The highest BCUT2D eigenvalue weighted by Crippen LogP contribution is 2.08. The van der Waals surface area contributed by atoms with Crippen molar-refractivity contribution in [3.8, 4) is 23.7 Å². The van der Waals surface area contributed by atoms with Crippen molar-refractivity contribution < 1.29 is 33.4 Å². The van der Waals surface area contributed by atoms with Gasteiger partial charge in [-0.1, -0.05) is 5.92 Å². The Hall–Kier alpha value is -4.25. The Balaban J connectivity index is 1.77. The van der Waals surface area contributed by atoms with Crippen molar-refractivity contribution >= 4 is 18.0 Å². The molecule has 2 rings (SSSR count). The maximum atomic E-state index is 12.4. The molecular weight excluding hydrogens is 502 g/mol. The van der Waals surface area contributed by atoms with Gasteiger partial charge in [0.15, 0.2) is 11.8 Å². The number of carbonyl (C=O) groups is 3. The van der Waals surface area contributed by atoms with E-state index in [4.69, 9.17) is 9.15 Å². The summed E-state index contributed by atoms with van der Waals surface area (Å²) in [6, 6.07) is 8.85. The maximum absolute atomic E-state index is 12.4. The van der Waals surface area contributed by atoms with Crippen LogP contribution < -0.4 is 16.0 Å². The minimum atomic E-state index is -1.16. The lowest BCUT2D eigenvalue weighted by Gasteiger charge is -2.19. The fourth-order valence-electron chi connectivity index (χ4n) is 3.10. The topological polar surface area (TPSA) is 139 Å². The molecule has 0 spiro atoms. The summed E-state index contributed by atoms with van der Waals surface area (Å²) in [4.78, 5) is 35.7. The lowest BCUT2D eigenvalue weighted by atomic mass is 10.1. The minimum absolute atomic E-state index is 0.303. The van der Waals surface area contributed by atoms with Gasteiger partial charge in [0.25, 0.3) is 5.91 Å². The molecule has 0 aliphatic rings. The number of benzene rings is 1. The molecule has 208 valence electrons. The molecule has 1 aromatic heterocycles. The fourth-order valence-corrected chi connectivity index (χ4v) is 3.10. The van der Waals surface area contributed by atoms with E-state index in [2.05, 4.69) is 44.4 Å². The van der Waals surface area contributed by atoms with Crippen LogP contribution in [0.15, 0.2) is 40.8 Å². The van der Waals surface area contributed by atoms with Crippen molar-refractivity contribution in [1.29, 1.82) is 0 Å². The molecule has 2 unspecified atom stereocenters. The zero-order chi connectivity index (χ0) is 28.8. The molecule has 0 saturated heterocycles. The van der Waals surface area contributed by atoms with Crippen LogP contribution in [0.3, 0.4) is 0 Å². The molecule has 0 aliphatic carbocycles. The van der Waals surface area contributed by atoms with E-state index in [0.717, 1.165) is 12.2 Å². The van der Waals surface area contributed by atoms with Gasteiger partial charge in [-0.25, -0.2) is 9.59 Å². The molecule has 2 aromatic rings. The van der Waals surface area contributed by atoms with Crippen LogP contribution in [0.4, 0.5) is 4.79 Å². The highest BCUT2D eigenvalue weighted by Gasteiger charge is 2.26. The number of aliphatic hydroxyl groups is 1. The van der Waals surface area contributed by atoms with E-state index < -0.39 is 35.7 Å². The van der Waals surface area contributed by atoms with Gasteiger partial charge < -0.3 is 34.9 Å². The first-order valence-corrected chi connectivity index (χ1v) is 12.4. The third-order valence-corrected chi connectivity index (χ3v) is 4.99. The molecule has 1 heterocycles. The zero-order valence-electron chi connectivity index (χ0n) is 22.8. The standard InChI is InChI=1S/C29H35N3O7/c1-20(33)25(27(35)37-5)32-26(34)22-13-11-21(12-14-22)9-6-7-10-23-15-16-24(38-23)19-30-17-8-18-31-28(36)39-29(2,3)4/h11-16,20,25,30,33H,8,17-19H2,1-5H3,(H,31,36)(H,32,34). The predicted molar refractivity (Wildman–Crippen MR) is 144 cm³/mol. The second kappa shape index (κ2) is 15.2. The highest BCUT2D eigenvalue weighted by atomic mass is 16.6. The van der Waals surface area contributed by atoms with E-state index in [1.165, 1.54) is 14.0 Å². The summed E-state index contributed by atoms with van der Waals surface area (Å²) in [5.41, 5.74) is 0.433. The second-order valence-electron chi connectivity index (χ2n) is 9.52. The van der Waals surface area contributed by atoms with Crippen LogP contribution in [-0.2, 0) is 20.8 Å². The quantitative estimate of drug-likeness (QED) is 0.206. The van der Waals surface area contributed by atoms with Gasteiger partial charge in [-0.15, -0.1) is 0 Å². The van der Waals surface area contributed by atoms with Crippen LogP contribution in [0.1, 0.15) is 61.6 Å². The molecule has 0 bridgehead atoms. The molecule has 10 heteroatoms. The van der Waals surface area contributed by atoms with Gasteiger partial charge in [0.1, 0.15) is 11.4 Å². The molecule has 4 N–H and O–H groups in total. The number of methoxy groups -OCH3 is 1. The van der Waals surface area contributed by atoms with E-state index in [0.29, 0.717) is 36.5 Å². The van der Waals surface area contributed by atoms with E-state index in [1.807, 2.05) is 26.8 Å². The normalized spacial score (nSPS) is 12.1. The highest BCUT2D eigenvalue weighted by molar-refractivity contribution is 5.97. The molecule has 39 heavy (non-hydrogen) atoms. The smallest absolute Gasteiger partial charge is 0.407 e. The Bertz CT molecular complexity index is 1240. The van der Waals surface area contributed by atoms with Gasteiger partial charge in [-0.2, -0.15) is 0 Å². The summed E-state index contributed by atoms with van der Waals surface area (Å²) in [6.45, 7) is 8.56. The predicted octanol–water partition coefficient (Wildman–Crippen LogP) is 2.34. The monoisotopic (exact) mass is 537 g/mol. The Morgan fingerprint density at radius 1 is 1.03 bits per heavy atom. The first kappa shape index (κ1) is 31.0. The lowest BCUT2D eigenvalue weighted by molar-refractivity contribution is -0.145. The first-order chi connectivity index (χ1) is 18.5. The lowest BCUT2D eigenvalue weighted by Crippen LogP contribution is -2.48. The van der Waals surface area contributed by atoms with E-state index in [1.54, 1.807) is 30.3 Å². The Labute approximate surface area is 228 Å². The number of hydrogen-bond acceptors (Lipinski definition) is 8. The number of nitrogens with one attached hydrogen (secondary N) is 3. The van der Waals surface area contributed by atoms with Crippen molar-refractivity contribution in [3.05, 3.63) is 59.0 Å². The molecule has 0 radical (unpaired) electrons. The fraction of sp³-hybridized carbons (Fsp3) is 0.414. The number of ether oxygens (including phenoxy) is 2. The zero-order valence-corrected chi connectivity index (χ0v) is 22.8. The summed E-state index contributed by atoms with van der Waals surface area (Å²) < 4.78 is 15.4. The number of aliphatic hydroxyl groups excluding tert-OH is 1. The minimum Gasteiger partial charge on any atom is -0.467 e. The van der Waals surface area contributed by atoms with Gasteiger partial charge >= 0.3 is 12.1 Å². The van der Waals surface area contributed by atoms with Gasteiger partial charge in [0.2, 0.25) is 0 Å². The van der Waals surface area contributed by atoms with Gasteiger partial charge in [-0.05, 0) is 94.8 Å². The Kier molecular flexibility index (Phi) is 12.1. The molecule has 2 atom stereocenters. The van der Waals surface area contributed by atoms with Crippen molar-refractivity contribution in [2.24, 2.45) is 0 Å². The Morgan fingerprint density at radius 2 is 1.72 bits per heavy atom. The summed E-state index contributed by atoms with van der Waals surface area (Å²) in [7, 11) is 1.18. The number of furan rings is 1. The number of carbonyl (C=O) groups excluding carboxylic acids is 3. The SMILES string of the molecule is COC(=O)C(NC(=O)c1ccc(C#CC#Cc2ccc(CNCCCNC(=O)OC(C)(C)C)o2)cc1)C(C)O. The summed E-state index contributed by atoms with van der Waals surface area (Å²) in [5.74, 6) is 11.2. The molecule has 10 nitrogen and oxygen atoms in total. The molecule has 1 aromatic carbocycles. The van der Waals surface area contributed by atoms with Gasteiger partial charge in [-0.3, -0.25) is 4.79 Å². The summed E-state index contributed by atoms with van der Waals surface area (Å²) in [6.07, 6.45) is -0.793. The third kappa shape index (κ3) is 11.8. The van der Waals surface area contributed by atoms with Crippen LogP contribution in [0, 0.1) is 23.7 Å². The van der Waals surface area contributed by atoms with Crippen LogP contribution in [0.25, 0.3) is 0 Å². The number of amides is 2. The second-order valence-corrected chi connectivity index (χ2v) is 9.52. The van der Waals surface area contributed by atoms with E-state index >= 15 is 0 Å². The first-order valence-electron chi connectivity index (χ1n) is 12.4. The summed E-state index contributed by atoms with van der Waals surface area (Å²) in [5, 5.41) is 18.1.